The summed E-state index contributed by atoms with van der Waals surface area (Å²) in [6.07, 6.45) is 10.4. The van der Waals surface area contributed by atoms with Crippen molar-refractivity contribution >= 4 is 50.4 Å². The molecule has 0 bridgehead atoms. The van der Waals surface area contributed by atoms with Crippen LogP contribution in [-0.2, 0) is 16.5 Å². The number of unbranched alkanes of at least 4 members (excludes halogenated alkanes) is 7. The Bertz CT molecular complexity index is 757. The molecule has 0 amide bonds. The number of hydrogen-bond donors (Lipinski definition) is 1. The van der Waals surface area contributed by atoms with Crippen LogP contribution in [0.5, 0.6) is 0 Å². The molecule has 2 rings (SSSR count). The Morgan fingerprint density at radius 3 is 2.08 bits per heavy atom. The van der Waals surface area contributed by atoms with E-state index < -0.39 is 10.1 Å². The summed E-state index contributed by atoms with van der Waals surface area (Å²) in [7, 11) is -4.22. The maximum Gasteiger partial charge on any atom is 0.295 e. The first-order valence-corrected chi connectivity index (χ1v) is 10.5. The first-order chi connectivity index (χ1) is 11.5. The average molecular weight is 371 g/mol. The molecule has 0 saturated carbocycles. The zero-order valence-corrected chi connectivity index (χ0v) is 18.3. The van der Waals surface area contributed by atoms with Crippen LogP contribution in [0.4, 0.5) is 0 Å². The van der Waals surface area contributed by atoms with Crippen molar-refractivity contribution in [3.63, 3.8) is 0 Å². The van der Waals surface area contributed by atoms with Gasteiger partial charge in [0.2, 0.25) is 0 Å². The van der Waals surface area contributed by atoms with Gasteiger partial charge in [0.15, 0.2) is 0 Å². The van der Waals surface area contributed by atoms with Gasteiger partial charge in [-0.1, -0.05) is 88.3 Å². The predicted octanol–water partition coefficient (Wildman–Crippen LogP) is 5.39. The van der Waals surface area contributed by atoms with Crippen LogP contribution in [0.1, 0.15) is 63.9 Å². The van der Waals surface area contributed by atoms with Gasteiger partial charge in [0.05, 0.1) is 0 Å². The van der Waals surface area contributed by atoms with E-state index >= 15 is 0 Å². The molecule has 0 fully saturated rings. The van der Waals surface area contributed by atoms with Crippen LogP contribution in [0, 0.1) is 0 Å². The second-order valence-electron chi connectivity index (χ2n) is 6.47. The Balaban J connectivity index is 0.00000312. The van der Waals surface area contributed by atoms with Gasteiger partial charge in [-0.2, -0.15) is 8.42 Å². The summed E-state index contributed by atoms with van der Waals surface area (Å²) in [6.45, 7) is 2.22. The van der Waals surface area contributed by atoms with Crippen LogP contribution in [0.25, 0.3) is 10.8 Å². The van der Waals surface area contributed by atoms with Gasteiger partial charge in [0, 0.05) is 34.9 Å². The first kappa shape index (κ1) is 22.7. The molecule has 0 aromatic heterocycles. The third-order valence-electron chi connectivity index (χ3n) is 4.52. The van der Waals surface area contributed by atoms with Crippen molar-refractivity contribution in [1.82, 2.24) is 0 Å². The molecule has 0 atom stereocenters. The first-order valence-electron chi connectivity index (χ1n) is 9.02. The van der Waals surface area contributed by atoms with Crippen molar-refractivity contribution in [3.8, 4) is 0 Å². The van der Waals surface area contributed by atoms with Gasteiger partial charge < -0.3 is 0 Å². The molecule has 1 radical (unpaired) electrons. The Kier molecular flexibility index (Phi) is 10.3. The monoisotopic (exact) mass is 371 g/mol. The maximum absolute atomic E-state index is 11.9. The van der Waals surface area contributed by atoms with Crippen LogP contribution in [0.15, 0.2) is 41.3 Å². The van der Waals surface area contributed by atoms with E-state index in [1.165, 1.54) is 38.5 Å². The average Bonchev–Trinajstić information content (AvgIpc) is 2.55. The second kappa shape index (κ2) is 11.3. The summed E-state index contributed by atoms with van der Waals surface area (Å²) in [5.41, 5.74) is 0.724. The van der Waals surface area contributed by atoms with Gasteiger partial charge in [-0.3, -0.25) is 4.55 Å². The molecule has 0 aliphatic heterocycles. The van der Waals surface area contributed by atoms with Crippen molar-refractivity contribution in [3.05, 3.63) is 42.0 Å². The van der Waals surface area contributed by atoms with Crippen molar-refractivity contribution in [1.29, 1.82) is 0 Å². The Morgan fingerprint density at radius 2 is 1.44 bits per heavy atom. The van der Waals surface area contributed by atoms with E-state index in [0.29, 0.717) is 11.8 Å². The van der Waals surface area contributed by atoms with Crippen molar-refractivity contribution in [2.75, 3.05) is 0 Å². The Labute approximate surface area is 174 Å². The summed E-state index contributed by atoms with van der Waals surface area (Å²) in [4.78, 5) is 0.0866. The fourth-order valence-electron chi connectivity index (χ4n) is 3.24. The SMILES string of the molecule is CCCCCCCCCCc1ccc2ccccc2c1S(=O)(=O)O.[Na]. The molecule has 133 valence electrons. The molecule has 3 nitrogen and oxygen atoms in total. The van der Waals surface area contributed by atoms with Gasteiger partial charge in [0.25, 0.3) is 10.1 Å². The molecule has 0 aliphatic rings. The van der Waals surface area contributed by atoms with Crippen LogP contribution >= 0.6 is 0 Å². The standard InChI is InChI=1S/C20H28O3S.Na/c1-2-3-4-5-6-7-8-9-13-18-16-15-17-12-10-11-14-19(17)20(18)24(21,22)23;/h10-12,14-16H,2-9,13H2,1H3,(H,21,22,23);. The van der Waals surface area contributed by atoms with Gasteiger partial charge in [-0.25, -0.2) is 0 Å². The smallest absolute Gasteiger partial charge is 0.282 e. The zero-order chi connectivity index (χ0) is 17.4. The molecule has 25 heavy (non-hydrogen) atoms. The summed E-state index contributed by atoms with van der Waals surface area (Å²) in [5.74, 6) is 0. The van der Waals surface area contributed by atoms with E-state index in [9.17, 15) is 13.0 Å². The molecular formula is C20H28NaO3S. The Morgan fingerprint density at radius 1 is 0.840 bits per heavy atom. The number of rotatable bonds is 10. The molecular weight excluding hydrogens is 343 g/mol. The minimum atomic E-state index is -4.22. The molecule has 5 heteroatoms. The molecule has 0 spiro atoms. The van der Waals surface area contributed by atoms with Gasteiger partial charge in [-0.05, 0) is 23.8 Å². The minimum absolute atomic E-state index is 0. The van der Waals surface area contributed by atoms with E-state index in [1.807, 2.05) is 24.3 Å². The predicted molar refractivity (Wildman–Crippen MR) is 106 cm³/mol. The largest absolute Gasteiger partial charge is 0.295 e. The summed E-state index contributed by atoms with van der Waals surface area (Å²) in [6, 6.07) is 11.1. The van der Waals surface area contributed by atoms with Crippen LogP contribution in [-0.4, -0.2) is 42.5 Å². The van der Waals surface area contributed by atoms with Crippen molar-refractivity contribution < 1.29 is 13.0 Å². The van der Waals surface area contributed by atoms with E-state index in [1.54, 1.807) is 12.1 Å². The molecule has 0 saturated heterocycles. The summed E-state index contributed by atoms with van der Waals surface area (Å²) in [5, 5.41) is 1.45. The van der Waals surface area contributed by atoms with Crippen LogP contribution in [0.3, 0.4) is 0 Å². The normalized spacial score (nSPS) is 11.4. The number of aryl methyl sites for hydroxylation is 1. The maximum atomic E-state index is 11.9. The fourth-order valence-corrected chi connectivity index (χ4v) is 4.20. The molecule has 0 heterocycles. The second-order valence-corrected chi connectivity index (χ2v) is 7.83. The number of hydrogen-bond acceptors (Lipinski definition) is 2. The van der Waals surface area contributed by atoms with Gasteiger partial charge >= 0.3 is 0 Å². The summed E-state index contributed by atoms with van der Waals surface area (Å²) >= 11 is 0. The van der Waals surface area contributed by atoms with Gasteiger partial charge in [-0.15, -0.1) is 0 Å². The summed E-state index contributed by atoms with van der Waals surface area (Å²) < 4.78 is 33.4. The molecule has 0 unspecified atom stereocenters. The molecule has 2 aromatic rings. The van der Waals surface area contributed by atoms with Crippen LogP contribution in [0.2, 0.25) is 0 Å². The van der Waals surface area contributed by atoms with E-state index in [2.05, 4.69) is 6.92 Å². The fraction of sp³-hybridized carbons (Fsp3) is 0.500. The topological polar surface area (TPSA) is 54.4 Å². The van der Waals surface area contributed by atoms with E-state index in [0.717, 1.165) is 23.8 Å². The third kappa shape index (κ3) is 7.03. The molecule has 0 aliphatic carbocycles. The van der Waals surface area contributed by atoms with Crippen molar-refractivity contribution in [2.45, 2.75) is 69.6 Å². The van der Waals surface area contributed by atoms with Crippen molar-refractivity contribution in [2.24, 2.45) is 0 Å². The van der Waals surface area contributed by atoms with E-state index in [-0.39, 0.29) is 34.5 Å². The number of fused-ring (bicyclic) bond motifs is 1. The molecule has 2 aromatic carbocycles. The number of benzene rings is 2. The Hall–Kier alpha value is -0.390. The van der Waals surface area contributed by atoms with Crippen LogP contribution < -0.4 is 0 Å². The van der Waals surface area contributed by atoms with E-state index in [4.69, 9.17) is 0 Å². The quantitative estimate of drug-likeness (QED) is 0.346. The molecule has 1 N–H and O–H groups in total. The van der Waals surface area contributed by atoms with Gasteiger partial charge in [0.1, 0.15) is 4.90 Å². The third-order valence-corrected chi connectivity index (χ3v) is 5.52. The minimum Gasteiger partial charge on any atom is -0.282 e. The zero-order valence-electron chi connectivity index (χ0n) is 15.5.